The van der Waals surface area contributed by atoms with Gasteiger partial charge in [-0.15, -0.1) is 0 Å². The summed E-state index contributed by atoms with van der Waals surface area (Å²) < 4.78 is 2.39. The summed E-state index contributed by atoms with van der Waals surface area (Å²) in [6.07, 6.45) is 0. The second kappa shape index (κ2) is 13.4. The standard InChI is InChI=1S/C55H38N2/c1-5-17-41(18-6-1)55(42-19-7-2-8-20-42)51-27-15-13-25-47(51)48-36-34-46(38-52(48)55)56(43-21-9-3-10-22-43)45-32-29-39(30-33-45)40-31-35-50-49-26-14-16-28-53(49)57(54(50)37-40)44-23-11-4-12-24-44/h1-38H. The number of para-hydroxylation sites is 3. The van der Waals surface area contributed by atoms with Crippen LogP contribution in [-0.2, 0) is 5.41 Å². The van der Waals surface area contributed by atoms with Crippen molar-refractivity contribution in [3.05, 3.63) is 253 Å². The predicted molar refractivity (Wildman–Crippen MR) is 238 cm³/mol. The number of aromatic nitrogens is 1. The molecular weight excluding hydrogens is 689 g/mol. The van der Waals surface area contributed by atoms with Crippen LogP contribution in [0.4, 0.5) is 17.1 Å². The van der Waals surface area contributed by atoms with E-state index in [9.17, 15) is 0 Å². The van der Waals surface area contributed by atoms with Gasteiger partial charge in [-0.3, -0.25) is 0 Å². The van der Waals surface area contributed by atoms with Crippen LogP contribution in [0.1, 0.15) is 22.3 Å². The topological polar surface area (TPSA) is 8.17 Å². The third-order valence-corrected chi connectivity index (χ3v) is 11.9. The summed E-state index contributed by atoms with van der Waals surface area (Å²) in [5.41, 5.74) is 16.5. The first-order valence-corrected chi connectivity index (χ1v) is 19.7. The fourth-order valence-electron chi connectivity index (χ4n) is 9.40. The van der Waals surface area contributed by atoms with Gasteiger partial charge in [0.25, 0.3) is 0 Å². The van der Waals surface area contributed by atoms with E-state index >= 15 is 0 Å². The first kappa shape index (κ1) is 33.0. The van der Waals surface area contributed by atoms with Gasteiger partial charge in [0.15, 0.2) is 0 Å². The normalized spacial score (nSPS) is 12.7. The lowest BCUT2D eigenvalue weighted by molar-refractivity contribution is 0.768. The van der Waals surface area contributed by atoms with Crippen LogP contribution in [0.2, 0.25) is 0 Å². The smallest absolute Gasteiger partial charge is 0.0714 e. The van der Waals surface area contributed by atoms with E-state index in [1.807, 2.05) is 0 Å². The van der Waals surface area contributed by atoms with Gasteiger partial charge in [-0.1, -0.05) is 170 Å². The SMILES string of the molecule is c1ccc(N(c2ccc(-c3ccc4c5ccccc5n(-c5ccccc5)c4c3)cc2)c2ccc3c(c2)C(c2ccccc2)(c2ccccc2)c2ccccc2-3)cc1. The van der Waals surface area contributed by atoms with E-state index in [1.165, 1.54) is 66.3 Å². The van der Waals surface area contributed by atoms with E-state index in [2.05, 4.69) is 240 Å². The third-order valence-electron chi connectivity index (χ3n) is 11.9. The van der Waals surface area contributed by atoms with Crippen LogP contribution >= 0.6 is 0 Å². The molecule has 0 N–H and O–H groups in total. The van der Waals surface area contributed by atoms with Crippen molar-refractivity contribution in [2.45, 2.75) is 5.41 Å². The van der Waals surface area contributed by atoms with Crippen LogP contribution in [0, 0.1) is 0 Å². The van der Waals surface area contributed by atoms with Gasteiger partial charge in [0.1, 0.15) is 0 Å². The van der Waals surface area contributed by atoms with Gasteiger partial charge in [0, 0.05) is 33.5 Å². The molecule has 1 heterocycles. The molecular formula is C55H38N2. The number of benzene rings is 9. The molecule has 0 bridgehead atoms. The van der Waals surface area contributed by atoms with Gasteiger partial charge in [0.2, 0.25) is 0 Å². The van der Waals surface area contributed by atoms with E-state index in [0.717, 1.165) is 22.7 Å². The molecule has 0 saturated heterocycles. The maximum atomic E-state index is 2.44. The number of hydrogen-bond acceptors (Lipinski definition) is 1. The zero-order valence-corrected chi connectivity index (χ0v) is 31.3. The van der Waals surface area contributed by atoms with E-state index in [0.29, 0.717) is 0 Å². The van der Waals surface area contributed by atoms with Crippen molar-refractivity contribution in [3.63, 3.8) is 0 Å². The Morgan fingerprint density at radius 2 is 0.860 bits per heavy atom. The highest BCUT2D eigenvalue weighted by molar-refractivity contribution is 6.10. The van der Waals surface area contributed by atoms with Crippen LogP contribution in [0.25, 0.3) is 49.7 Å². The molecule has 1 aromatic heterocycles. The Bertz CT molecular complexity index is 3000. The monoisotopic (exact) mass is 726 g/mol. The third kappa shape index (κ3) is 5.18. The molecule has 0 saturated carbocycles. The summed E-state index contributed by atoms with van der Waals surface area (Å²) in [5.74, 6) is 0. The zero-order chi connectivity index (χ0) is 37.8. The first-order chi connectivity index (χ1) is 28.3. The second-order valence-corrected chi connectivity index (χ2v) is 14.9. The second-order valence-electron chi connectivity index (χ2n) is 14.9. The van der Waals surface area contributed by atoms with Crippen molar-refractivity contribution in [2.24, 2.45) is 0 Å². The van der Waals surface area contributed by atoms with Gasteiger partial charge in [-0.25, -0.2) is 0 Å². The Kier molecular flexibility index (Phi) is 7.75. The van der Waals surface area contributed by atoms with E-state index in [-0.39, 0.29) is 0 Å². The molecule has 2 heteroatoms. The molecule has 0 amide bonds. The molecule has 0 unspecified atom stereocenters. The van der Waals surface area contributed by atoms with Crippen LogP contribution in [0.3, 0.4) is 0 Å². The number of rotatable bonds is 7. The van der Waals surface area contributed by atoms with Crippen LogP contribution < -0.4 is 4.90 Å². The van der Waals surface area contributed by atoms with E-state index < -0.39 is 5.41 Å². The summed E-state index contributed by atoms with van der Waals surface area (Å²) in [6, 6.07) is 84.1. The minimum atomic E-state index is -0.475. The summed E-state index contributed by atoms with van der Waals surface area (Å²) in [6.45, 7) is 0. The molecule has 0 atom stereocenters. The van der Waals surface area contributed by atoms with Crippen molar-refractivity contribution in [2.75, 3.05) is 4.90 Å². The quantitative estimate of drug-likeness (QED) is 0.159. The molecule has 10 aromatic rings. The lowest BCUT2D eigenvalue weighted by atomic mass is 9.67. The fraction of sp³-hybridized carbons (Fsp3) is 0.0182. The Hall–Kier alpha value is -7.42. The molecule has 2 nitrogen and oxygen atoms in total. The Morgan fingerprint density at radius 1 is 0.333 bits per heavy atom. The summed E-state index contributed by atoms with van der Waals surface area (Å²) in [7, 11) is 0. The molecule has 0 spiro atoms. The molecule has 57 heavy (non-hydrogen) atoms. The Balaban J connectivity index is 1.06. The number of hydrogen-bond donors (Lipinski definition) is 0. The highest BCUT2D eigenvalue weighted by atomic mass is 15.1. The Labute approximate surface area is 333 Å². The maximum Gasteiger partial charge on any atom is 0.0714 e. The largest absolute Gasteiger partial charge is 0.310 e. The molecule has 1 aliphatic rings. The van der Waals surface area contributed by atoms with Crippen molar-refractivity contribution >= 4 is 38.9 Å². The van der Waals surface area contributed by atoms with E-state index in [1.54, 1.807) is 0 Å². The van der Waals surface area contributed by atoms with E-state index in [4.69, 9.17) is 0 Å². The number of nitrogens with zero attached hydrogens (tertiary/aromatic N) is 2. The van der Waals surface area contributed by atoms with Crippen LogP contribution in [0.15, 0.2) is 231 Å². The predicted octanol–water partition coefficient (Wildman–Crippen LogP) is 14.3. The van der Waals surface area contributed by atoms with Gasteiger partial charge in [0.05, 0.1) is 16.4 Å². The average Bonchev–Trinajstić information content (AvgIpc) is 3.78. The van der Waals surface area contributed by atoms with Gasteiger partial charge >= 0.3 is 0 Å². The van der Waals surface area contributed by atoms with Crippen molar-refractivity contribution in [1.29, 1.82) is 0 Å². The molecule has 0 aliphatic heterocycles. The van der Waals surface area contributed by atoms with Crippen LogP contribution in [-0.4, -0.2) is 4.57 Å². The molecule has 0 fully saturated rings. The van der Waals surface area contributed by atoms with Gasteiger partial charge in [-0.05, 0) is 105 Å². The minimum Gasteiger partial charge on any atom is -0.310 e. The van der Waals surface area contributed by atoms with Crippen molar-refractivity contribution in [1.82, 2.24) is 4.57 Å². The highest BCUT2D eigenvalue weighted by Gasteiger charge is 2.46. The van der Waals surface area contributed by atoms with Gasteiger partial charge in [-0.2, -0.15) is 0 Å². The van der Waals surface area contributed by atoms with Gasteiger partial charge < -0.3 is 9.47 Å². The molecule has 11 rings (SSSR count). The summed E-state index contributed by atoms with van der Waals surface area (Å²) in [5, 5.41) is 2.52. The van der Waals surface area contributed by atoms with Crippen molar-refractivity contribution < 1.29 is 0 Å². The first-order valence-electron chi connectivity index (χ1n) is 19.7. The molecule has 0 radical (unpaired) electrons. The molecule has 1 aliphatic carbocycles. The number of anilines is 3. The lowest BCUT2D eigenvalue weighted by Gasteiger charge is -2.35. The van der Waals surface area contributed by atoms with Crippen LogP contribution in [0.5, 0.6) is 0 Å². The fourth-order valence-corrected chi connectivity index (χ4v) is 9.40. The summed E-state index contributed by atoms with van der Waals surface area (Å²) >= 11 is 0. The lowest BCUT2D eigenvalue weighted by Crippen LogP contribution is -2.28. The molecule has 268 valence electrons. The molecule has 9 aromatic carbocycles. The average molecular weight is 727 g/mol. The highest BCUT2D eigenvalue weighted by Crippen LogP contribution is 2.57. The number of fused-ring (bicyclic) bond motifs is 6. The summed E-state index contributed by atoms with van der Waals surface area (Å²) in [4.78, 5) is 2.39. The Morgan fingerprint density at radius 3 is 1.58 bits per heavy atom. The zero-order valence-electron chi connectivity index (χ0n) is 31.3. The van der Waals surface area contributed by atoms with Crippen molar-refractivity contribution in [3.8, 4) is 27.9 Å². The minimum absolute atomic E-state index is 0.475. The maximum absolute atomic E-state index is 2.44.